The highest BCUT2D eigenvalue weighted by molar-refractivity contribution is 5.98. The smallest absolute Gasteiger partial charge is 0.335 e. The van der Waals surface area contributed by atoms with Gasteiger partial charge in [-0.15, -0.1) is 0 Å². The second kappa shape index (κ2) is 7.44. The standard InChI is InChI=1S/C16H19N3O4/c1-10-13(18-9-19-14(10)16(21)23-3)15(20)17-8-11-5-4-6-12(7-11)22-2/h4-7,9,14H,8H2,1-3H3,(H,17,20)(H,18,19). The van der Waals surface area contributed by atoms with E-state index in [0.29, 0.717) is 17.8 Å². The second-order valence-corrected chi connectivity index (χ2v) is 4.94. The number of nitrogens with zero attached hydrogens (tertiary/aromatic N) is 1. The van der Waals surface area contributed by atoms with Crippen LogP contribution < -0.4 is 15.4 Å². The summed E-state index contributed by atoms with van der Waals surface area (Å²) in [7, 11) is 2.87. The number of methoxy groups -OCH3 is 2. The summed E-state index contributed by atoms with van der Waals surface area (Å²) in [5, 5.41) is 5.58. The van der Waals surface area contributed by atoms with Crippen LogP contribution in [0, 0.1) is 0 Å². The zero-order valence-corrected chi connectivity index (χ0v) is 13.3. The van der Waals surface area contributed by atoms with Crippen LogP contribution in [0.15, 0.2) is 40.5 Å². The highest BCUT2D eigenvalue weighted by atomic mass is 16.5. The molecule has 7 heteroatoms. The molecule has 0 aliphatic carbocycles. The number of nitrogens with one attached hydrogen (secondary N) is 2. The molecule has 2 rings (SSSR count). The number of hydrogen-bond donors (Lipinski definition) is 2. The summed E-state index contributed by atoms with van der Waals surface area (Å²) in [5.41, 5.74) is 1.73. The SMILES string of the molecule is COC(=O)C1N=CNC(C(=O)NCc2cccc(OC)c2)=C1C. The Morgan fingerprint density at radius 1 is 1.35 bits per heavy atom. The minimum Gasteiger partial charge on any atom is -0.497 e. The van der Waals surface area contributed by atoms with E-state index in [4.69, 9.17) is 4.74 Å². The molecule has 2 N–H and O–H groups in total. The van der Waals surface area contributed by atoms with E-state index in [-0.39, 0.29) is 5.91 Å². The van der Waals surface area contributed by atoms with Crippen molar-refractivity contribution in [2.24, 2.45) is 4.99 Å². The lowest BCUT2D eigenvalue weighted by molar-refractivity contribution is -0.141. The molecule has 0 spiro atoms. The fraction of sp³-hybridized carbons (Fsp3) is 0.312. The van der Waals surface area contributed by atoms with Gasteiger partial charge in [-0.3, -0.25) is 9.79 Å². The molecule has 122 valence electrons. The van der Waals surface area contributed by atoms with Gasteiger partial charge in [-0.1, -0.05) is 12.1 Å². The van der Waals surface area contributed by atoms with Crippen LogP contribution in [0.2, 0.25) is 0 Å². The molecule has 0 radical (unpaired) electrons. The van der Waals surface area contributed by atoms with Gasteiger partial charge < -0.3 is 20.1 Å². The number of benzene rings is 1. The molecular weight excluding hydrogens is 298 g/mol. The van der Waals surface area contributed by atoms with Crippen LogP contribution in [-0.2, 0) is 20.9 Å². The van der Waals surface area contributed by atoms with Gasteiger partial charge in [0.2, 0.25) is 0 Å². The van der Waals surface area contributed by atoms with Crippen molar-refractivity contribution in [3.05, 3.63) is 41.1 Å². The van der Waals surface area contributed by atoms with Crippen molar-refractivity contribution in [2.75, 3.05) is 14.2 Å². The number of esters is 1. The summed E-state index contributed by atoms with van der Waals surface area (Å²) in [6.07, 6.45) is 1.33. The molecule has 0 saturated carbocycles. The molecule has 7 nitrogen and oxygen atoms in total. The Hall–Kier alpha value is -2.83. The van der Waals surface area contributed by atoms with E-state index < -0.39 is 12.0 Å². The fourth-order valence-corrected chi connectivity index (χ4v) is 2.19. The first kappa shape index (κ1) is 16.5. The number of carbonyl (C=O) groups is 2. The van der Waals surface area contributed by atoms with Crippen molar-refractivity contribution < 1.29 is 19.1 Å². The molecule has 1 aromatic rings. The van der Waals surface area contributed by atoms with E-state index in [9.17, 15) is 9.59 Å². The van der Waals surface area contributed by atoms with Crippen molar-refractivity contribution in [3.8, 4) is 5.75 Å². The van der Waals surface area contributed by atoms with Gasteiger partial charge >= 0.3 is 5.97 Å². The maximum Gasteiger partial charge on any atom is 0.335 e. The van der Waals surface area contributed by atoms with E-state index in [1.165, 1.54) is 13.4 Å². The normalized spacial score (nSPS) is 16.6. The number of hydrogen-bond acceptors (Lipinski definition) is 6. The first-order chi connectivity index (χ1) is 11.1. The van der Waals surface area contributed by atoms with Crippen LogP contribution in [0.4, 0.5) is 0 Å². The van der Waals surface area contributed by atoms with Gasteiger partial charge in [0.15, 0.2) is 6.04 Å². The third-order valence-electron chi connectivity index (χ3n) is 3.48. The van der Waals surface area contributed by atoms with E-state index >= 15 is 0 Å². The van der Waals surface area contributed by atoms with Crippen LogP contribution in [-0.4, -0.2) is 38.5 Å². The van der Waals surface area contributed by atoms with Crippen molar-refractivity contribution in [3.63, 3.8) is 0 Å². The molecule has 1 amide bonds. The number of amides is 1. The number of aliphatic imine (C=N–C) groups is 1. The monoisotopic (exact) mass is 317 g/mol. The average molecular weight is 317 g/mol. The van der Waals surface area contributed by atoms with Crippen LogP contribution in [0.3, 0.4) is 0 Å². The molecule has 1 atom stereocenters. The lowest BCUT2D eigenvalue weighted by atomic mass is 10.1. The average Bonchev–Trinajstić information content (AvgIpc) is 2.59. The summed E-state index contributed by atoms with van der Waals surface area (Å²) >= 11 is 0. The van der Waals surface area contributed by atoms with Crippen LogP contribution in [0.1, 0.15) is 12.5 Å². The van der Waals surface area contributed by atoms with Crippen molar-refractivity contribution >= 4 is 18.2 Å². The minimum atomic E-state index is -0.793. The maximum absolute atomic E-state index is 12.3. The quantitative estimate of drug-likeness (QED) is 0.783. The summed E-state index contributed by atoms with van der Waals surface area (Å²) < 4.78 is 9.83. The zero-order valence-electron chi connectivity index (χ0n) is 13.3. The van der Waals surface area contributed by atoms with Gasteiger partial charge in [0, 0.05) is 6.54 Å². The van der Waals surface area contributed by atoms with Gasteiger partial charge in [0.1, 0.15) is 11.4 Å². The largest absolute Gasteiger partial charge is 0.497 e. The van der Waals surface area contributed by atoms with E-state index in [2.05, 4.69) is 20.4 Å². The Kier molecular flexibility index (Phi) is 5.35. The molecule has 1 unspecified atom stereocenters. The maximum atomic E-state index is 12.3. The molecule has 0 bridgehead atoms. The number of carbonyl (C=O) groups excluding carboxylic acids is 2. The first-order valence-corrected chi connectivity index (χ1v) is 7.04. The highest BCUT2D eigenvalue weighted by Gasteiger charge is 2.27. The van der Waals surface area contributed by atoms with E-state index in [1.807, 2.05) is 24.3 Å². The fourth-order valence-electron chi connectivity index (χ4n) is 2.19. The summed E-state index contributed by atoms with van der Waals surface area (Å²) in [6, 6.07) is 6.62. The highest BCUT2D eigenvalue weighted by Crippen LogP contribution is 2.16. The predicted molar refractivity (Wildman–Crippen MR) is 85.0 cm³/mol. The molecular formula is C16H19N3O4. The Balaban J connectivity index is 2.06. The topological polar surface area (TPSA) is 89.0 Å². The van der Waals surface area contributed by atoms with Crippen LogP contribution in [0.5, 0.6) is 5.75 Å². The molecule has 0 aromatic heterocycles. The van der Waals surface area contributed by atoms with Crippen molar-refractivity contribution in [2.45, 2.75) is 19.5 Å². The zero-order chi connectivity index (χ0) is 16.8. The van der Waals surface area contributed by atoms with E-state index in [0.717, 1.165) is 11.3 Å². The molecule has 0 saturated heterocycles. The second-order valence-electron chi connectivity index (χ2n) is 4.94. The van der Waals surface area contributed by atoms with Crippen molar-refractivity contribution in [1.29, 1.82) is 0 Å². The third kappa shape index (κ3) is 3.88. The Bertz CT molecular complexity index is 667. The Morgan fingerprint density at radius 2 is 2.13 bits per heavy atom. The van der Waals surface area contributed by atoms with Gasteiger partial charge in [0.05, 0.1) is 20.6 Å². The van der Waals surface area contributed by atoms with Gasteiger partial charge in [0.25, 0.3) is 5.91 Å². The third-order valence-corrected chi connectivity index (χ3v) is 3.48. The van der Waals surface area contributed by atoms with E-state index in [1.54, 1.807) is 14.0 Å². The molecule has 23 heavy (non-hydrogen) atoms. The Labute approximate surface area is 134 Å². The Morgan fingerprint density at radius 3 is 2.83 bits per heavy atom. The minimum absolute atomic E-state index is 0.304. The summed E-state index contributed by atoms with van der Waals surface area (Å²) in [6.45, 7) is 2.01. The number of rotatable bonds is 5. The van der Waals surface area contributed by atoms with Gasteiger partial charge in [-0.25, -0.2) is 4.79 Å². The predicted octanol–water partition coefficient (Wildman–Crippen LogP) is 0.758. The van der Waals surface area contributed by atoms with Crippen molar-refractivity contribution in [1.82, 2.24) is 10.6 Å². The molecule has 1 aliphatic rings. The summed E-state index contributed by atoms with van der Waals surface area (Å²) in [4.78, 5) is 28.0. The van der Waals surface area contributed by atoms with Gasteiger partial charge in [-0.05, 0) is 30.2 Å². The van der Waals surface area contributed by atoms with Crippen LogP contribution >= 0.6 is 0 Å². The number of ether oxygens (including phenoxy) is 2. The lowest BCUT2D eigenvalue weighted by Crippen LogP contribution is -2.38. The van der Waals surface area contributed by atoms with Crippen LogP contribution in [0.25, 0.3) is 0 Å². The lowest BCUT2D eigenvalue weighted by Gasteiger charge is -2.20. The molecule has 1 aromatic carbocycles. The van der Waals surface area contributed by atoms with Gasteiger partial charge in [-0.2, -0.15) is 0 Å². The molecule has 1 aliphatic heterocycles. The molecule has 0 fully saturated rings. The summed E-state index contributed by atoms with van der Waals surface area (Å²) in [5.74, 6) is -0.0930. The molecule has 1 heterocycles. The first-order valence-electron chi connectivity index (χ1n) is 7.04.